The van der Waals surface area contributed by atoms with Crippen molar-refractivity contribution >= 4 is 26.3 Å². The summed E-state index contributed by atoms with van der Waals surface area (Å²) in [4.78, 5) is 3.99. The van der Waals surface area contributed by atoms with Gasteiger partial charge < -0.3 is 5.11 Å². The summed E-state index contributed by atoms with van der Waals surface area (Å²) in [6.07, 6.45) is 3.13. The lowest BCUT2D eigenvalue weighted by molar-refractivity contribution is 0.0348. The average Bonchev–Trinajstić information content (AvgIpc) is 3.09. The monoisotopic (exact) mass is 371 g/mol. The van der Waals surface area contributed by atoms with Crippen molar-refractivity contribution in [2.45, 2.75) is 32.0 Å². The molecule has 0 radical (unpaired) electrons. The van der Waals surface area contributed by atoms with Crippen LogP contribution in [0.15, 0.2) is 55.1 Å². The molecular formula is C19H22ClN3OSi. The smallest absolute Gasteiger partial charge is 0.137 e. The molecule has 0 aliphatic rings. The standard InChI is InChI=1S/C19H22ClN3OSi/c1-14-4-3-5-18(15(14)2)25-11-19(24,10-23-13-21-12-22-23)16-6-8-17(20)9-7-16/h3-9,12-13,24H,10-11,25H2,1-2H3. The van der Waals surface area contributed by atoms with Crippen molar-refractivity contribution in [2.24, 2.45) is 0 Å². The first-order valence-electron chi connectivity index (χ1n) is 8.34. The van der Waals surface area contributed by atoms with Gasteiger partial charge in [0.15, 0.2) is 0 Å². The zero-order valence-electron chi connectivity index (χ0n) is 14.5. The number of hydrogen-bond donors (Lipinski definition) is 1. The van der Waals surface area contributed by atoms with Crippen LogP contribution >= 0.6 is 11.6 Å². The number of benzene rings is 2. The Morgan fingerprint density at radius 1 is 1.16 bits per heavy atom. The topological polar surface area (TPSA) is 50.9 Å². The van der Waals surface area contributed by atoms with E-state index in [9.17, 15) is 5.11 Å². The van der Waals surface area contributed by atoms with Gasteiger partial charge in [-0.15, -0.1) is 0 Å². The molecule has 0 fully saturated rings. The fourth-order valence-electron chi connectivity index (χ4n) is 3.08. The number of aliphatic hydroxyl groups is 1. The van der Waals surface area contributed by atoms with E-state index < -0.39 is 15.1 Å². The quantitative estimate of drug-likeness (QED) is 0.677. The lowest BCUT2D eigenvalue weighted by Gasteiger charge is -2.29. The normalized spacial score (nSPS) is 14.1. The van der Waals surface area contributed by atoms with E-state index in [0.29, 0.717) is 11.6 Å². The van der Waals surface area contributed by atoms with Gasteiger partial charge >= 0.3 is 0 Å². The fraction of sp³-hybridized carbons (Fsp3) is 0.263. The molecule has 3 rings (SSSR count). The van der Waals surface area contributed by atoms with Gasteiger partial charge in [-0.2, -0.15) is 5.10 Å². The molecule has 1 unspecified atom stereocenters. The van der Waals surface area contributed by atoms with E-state index in [-0.39, 0.29) is 0 Å². The minimum atomic E-state index is -0.985. The third-order valence-corrected chi connectivity index (χ3v) is 7.43. The van der Waals surface area contributed by atoms with Crippen molar-refractivity contribution in [1.29, 1.82) is 0 Å². The van der Waals surface area contributed by atoms with Crippen LogP contribution in [0.25, 0.3) is 0 Å². The highest BCUT2D eigenvalue weighted by molar-refractivity contribution is 6.54. The first-order chi connectivity index (χ1) is 12.0. The Morgan fingerprint density at radius 3 is 2.60 bits per heavy atom. The van der Waals surface area contributed by atoms with E-state index >= 15 is 0 Å². The number of aryl methyl sites for hydroxylation is 1. The van der Waals surface area contributed by atoms with Crippen molar-refractivity contribution in [3.63, 3.8) is 0 Å². The number of aromatic nitrogens is 3. The zero-order valence-corrected chi connectivity index (χ0v) is 16.7. The van der Waals surface area contributed by atoms with Crippen molar-refractivity contribution in [3.8, 4) is 0 Å². The second-order valence-corrected chi connectivity index (χ2v) is 8.69. The summed E-state index contributed by atoms with van der Waals surface area (Å²) in [7, 11) is -0.663. The average molecular weight is 372 g/mol. The summed E-state index contributed by atoms with van der Waals surface area (Å²) in [5.41, 5.74) is 2.52. The molecule has 130 valence electrons. The predicted molar refractivity (Wildman–Crippen MR) is 104 cm³/mol. The Balaban J connectivity index is 1.88. The Bertz CT molecular complexity index is 836. The molecule has 1 N–H and O–H groups in total. The second kappa shape index (κ2) is 7.52. The van der Waals surface area contributed by atoms with E-state index in [1.54, 1.807) is 11.0 Å². The molecule has 25 heavy (non-hydrogen) atoms. The molecule has 0 saturated carbocycles. The van der Waals surface area contributed by atoms with Crippen LogP contribution in [0.5, 0.6) is 0 Å². The van der Waals surface area contributed by atoms with Gasteiger partial charge in [-0.1, -0.05) is 47.1 Å². The Kier molecular flexibility index (Phi) is 5.37. The Labute approximate surface area is 155 Å². The lowest BCUT2D eigenvalue weighted by atomic mass is 9.96. The van der Waals surface area contributed by atoms with E-state index in [1.165, 1.54) is 22.6 Å². The predicted octanol–water partition coefficient (Wildman–Crippen LogP) is 2.35. The van der Waals surface area contributed by atoms with Crippen LogP contribution in [0, 0.1) is 13.8 Å². The number of halogens is 1. The van der Waals surface area contributed by atoms with Gasteiger partial charge in [-0.3, -0.25) is 0 Å². The van der Waals surface area contributed by atoms with E-state index in [0.717, 1.165) is 11.6 Å². The van der Waals surface area contributed by atoms with Crippen LogP contribution in [0.1, 0.15) is 16.7 Å². The second-order valence-electron chi connectivity index (χ2n) is 6.49. The third-order valence-electron chi connectivity index (χ3n) is 4.80. The summed E-state index contributed by atoms with van der Waals surface area (Å²) < 4.78 is 1.69. The number of rotatable bonds is 6. The van der Waals surface area contributed by atoms with Crippen molar-refractivity contribution < 1.29 is 5.11 Å². The van der Waals surface area contributed by atoms with Gasteiger partial charge in [0, 0.05) is 5.02 Å². The van der Waals surface area contributed by atoms with E-state index in [1.807, 2.05) is 24.3 Å². The maximum atomic E-state index is 11.5. The third kappa shape index (κ3) is 4.18. The van der Waals surface area contributed by atoms with Crippen LogP contribution in [0.4, 0.5) is 0 Å². The van der Waals surface area contributed by atoms with Crippen LogP contribution in [0.3, 0.4) is 0 Å². The van der Waals surface area contributed by atoms with Gasteiger partial charge in [0.1, 0.15) is 18.3 Å². The minimum Gasteiger partial charge on any atom is -0.384 e. The van der Waals surface area contributed by atoms with Gasteiger partial charge in [-0.05, 0) is 48.7 Å². The van der Waals surface area contributed by atoms with E-state index in [4.69, 9.17) is 11.6 Å². The Hall–Kier alpha value is -1.95. The molecule has 0 saturated heterocycles. The summed E-state index contributed by atoms with van der Waals surface area (Å²) >= 11 is 6.02. The molecular weight excluding hydrogens is 350 g/mol. The first kappa shape index (κ1) is 17.9. The maximum absolute atomic E-state index is 11.5. The molecule has 0 bridgehead atoms. The molecule has 0 aliphatic heterocycles. The summed E-state index contributed by atoms with van der Waals surface area (Å²) in [5, 5.41) is 17.7. The van der Waals surface area contributed by atoms with Crippen LogP contribution in [0.2, 0.25) is 11.1 Å². The zero-order chi connectivity index (χ0) is 17.9. The molecule has 0 spiro atoms. The SMILES string of the molecule is Cc1cccc([SiH2]CC(O)(Cn2cncn2)c2ccc(Cl)cc2)c1C. The molecule has 6 heteroatoms. The summed E-state index contributed by atoms with van der Waals surface area (Å²) in [5.74, 6) is 0. The highest BCUT2D eigenvalue weighted by atomic mass is 35.5. The largest absolute Gasteiger partial charge is 0.384 e. The Morgan fingerprint density at radius 2 is 1.92 bits per heavy atom. The van der Waals surface area contributed by atoms with Crippen molar-refractivity contribution in [2.75, 3.05) is 0 Å². The number of nitrogens with zero attached hydrogens (tertiary/aromatic N) is 3. The highest BCUT2D eigenvalue weighted by Crippen LogP contribution is 2.28. The molecule has 0 amide bonds. The van der Waals surface area contributed by atoms with Crippen LogP contribution in [-0.4, -0.2) is 29.4 Å². The minimum absolute atomic E-state index is 0.381. The molecule has 1 atom stereocenters. The van der Waals surface area contributed by atoms with Gasteiger partial charge in [-0.25, -0.2) is 9.67 Å². The molecule has 3 aromatic rings. The van der Waals surface area contributed by atoms with E-state index in [2.05, 4.69) is 42.1 Å². The maximum Gasteiger partial charge on any atom is 0.137 e. The summed E-state index contributed by atoms with van der Waals surface area (Å²) in [6, 6.07) is 14.6. The fourth-order valence-corrected chi connectivity index (χ4v) is 5.29. The summed E-state index contributed by atoms with van der Waals surface area (Å²) in [6.45, 7) is 4.68. The molecule has 1 heterocycles. The van der Waals surface area contributed by atoms with Crippen molar-refractivity contribution in [1.82, 2.24) is 14.8 Å². The molecule has 0 aliphatic carbocycles. The molecule has 4 nitrogen and oxygen atoms in total. The first-order valence-corrected chi connectivity index (χ1v) is 10.4. The van der Waals surface area contributed by atoms with Crippen LogP contribution < -0.4 is 5.19 Å². The highest BCUT2D eigenvalue weighted by Gasteiger charge is 2.30. The molecule has 2 aromatic carbocycles. The van der Waals surface area contributed by atoms with Crippen molar-refractivity contribution in [3.05, 3.63) is 76.8 Å². The lowest BCUT2D eigenvalue weighted by Crippen LogP contribution is -2.36. The van der Waals surface area contributed by atoms with Gasteiger partial charge in [0.05, 0.1) is 16.1 Å². The number of hydrogen-bond acceptors (Lipinski definition) is 3. The van der Waals surface area contributed by atoms with Gasteiger partial charge in [0.2, 0.25) is 0 Å². The van der Waals surface area contributed by atoms with Crippen LogP contribution in [-0.2, 0) is 12.1 Å². The molecule has 1 aromatic heterocycles. The van der Waals surface area contributed by atoms with Gasteiger partial charge in [0.25, 0.3) is 0 Å².